The average Bonchev–Trinajstić information content (AvgIpc) is 2.39. The first-order chi connectivity index (χ1) is 8.70. The molecule has 2 aromatic rings. The van der Waals surface area contributed by atoms with E-state index in [-0.39, 0.29) is 0 Å². The fourth-order valence-corrected chi connectivity index (χ4v) is 2.13. The maximum atomic E-state index is 6.08. The van der Waals surface area contributed by atoms with E-state index in [1.165, 1.54) is 0 Å². The van der Waals surface area contributed by atoms with E-state index >= 15 is 0 Å². The lowest BCUT2D eigenvalue weighted by atomic mass is 10.2. The summed E-state index contributed by atoms with van der Waals surface area (Å²) >= 11 is 12.2. The molecule has 2 rings (SSSR count). The van der Waals surface area contributed by atoms with E-state index in [4.69, 9.17) is 27.9 Å². The van der Waals surface area contributed by atoms with Gasteiger partial charge in [0.25, 0.3) is 0 Å². The summed E-state index contributed by atoms with van der Waals surface area (Å²) in [6, 6.07) is 13.3. The van der Waals surface area contributed by atoms with Crippen LogP contribution < -0.4 is 10.1 Å². The third-order valence-corrected chi connectivity index (χ3v) is 3.22. The molecule has 0 unspecified atom stereocenters. The van der Waals surface area contributed by atoms with Crippen molar-refractivity contribution in [3.05, 3.63) is 58.1 Å². The second kappa shape index (κ2) is 5.98. The Labute approximate surface area is 116 Å². The highest BCUT2D eigenvalue weighted by Crippen LogP contribution is 2.30. The molecule has 1 N–H and O–H groups in total. The maximum Gasteiger partial charge on any atom is 0.118 e. The maximum absolute atomic E-state index is 6.08. The SMILES string of the molecule is COc1ccc(CNc2c(Cl)cccc2Cl)cc1. The molecule has 0 aliphatic rings. The van der Waals surface area contributed by atoms with Crippen molar-refractivity contribution in [1.82, 2.24) is 0 Å². The molecule has 0 amide bonds. The zero-order valence-electron chi connectivity index (χ0n) is 9.91. The van der Waals surface area contributed by atoms with Gasteiger partial charge in [-0.2, -0.15) is 0 Å². The van der Waals surface area contributed by atoms with Gasteiger partial charge in [-0.25, -0.2) is 0 Å². The van der Waals surface area contributed by atoms with Crippen molar-refractivity contribution in [2.24, 2.45) is 0 Å². The standard InChI is InChI=1S/C14H13Cl2NO/c1-18-11-7-5-10(6-8-11)9-17-14-12(15)3-2-4-13(14)16/h2-8,17H,9H2,1H3. The Kier molecular flexibility index (Phi) is 4.34. The quantitative estimate of drug-likeness (QED) is 0.883. The van der Waals surface area contributed by atoms with Gasteiger partial charge in [-0.05, 0) is 29.8 Å². The molecule has 2 aromatic carbocycles. The van der Waals surface area contributed by atoms with Crippen LogP contribution in [0.2, 0.25) is 10.0 Å². The Morgan fingerprint density at radius 1 is 1.00 bits per heavy atom. The number of hydrogen-bond acceptors (Lipinski definition) is 2. The van der Waals surface area contributed by atoms with Gasteiger partial charge < -0.3 is 10.1 Å². The van der Waals surface area contributed by atoms with E-state index in [0.717, 1.165) is 17.0 Å². The molecule has 0 aliphatic carbocycles. The zero-order chi connectivity index (χ0) is 13.0. The summed E-state index contributed by atoms with van der Waals surface area (Å²) < 4.78 is 5.11. The molecule has 0 radical (unpaired) electrons. The third kappa shape index (κ3) is 3.09. The Balaban J connectivity index is 2.06. The molecule has 0 heterocycles. The minimum atomic E-state index is 0.621. The van der Waals surface area contributed by atoms with Gasteiger partial charge in [-0.1, -0.05) is 41.4 Å². The highest BCUT2D eigenvalue weighted by Gasteiger charge is 2.04. The van der Waals surface area contributed by atoms with E-state index in [9.17, 15) is 0 Å². The molecule has 0 saturated heterocycles. The summed E-state index contributed by atoms with van der Waals surface area (Å²) in [5.41, 5.74) is 1.89. The number of nitrogens with one attached hydrogen (secondary N) is 1. The van der Waals surface area contributed by atoms with Crippen LogP contribution in [-0.4, -0.2) is 7.11 Å². The van der Waals surface area contributed by atoms with Gasteiger partial charge in [-0.15, -0.1) is 0 Å². The van der Waals surface area contributed by atoms with Crippen LogP contribution in [0.4, 0.5) is 5.69 Å². The number of halogens is 2. The number of hydrogen-bond donors (Lipinski definition) is 1. The number of para-hydroxylation sites is 1. The number of ether oxygens (including phenoxy) is 1. The molecule has 0 saturated carbocycles. The second-order valence-corrected chi connectivity index (χ2v) is 4.61. The molecule has 0 atom stereocenters. The van der Waals surface area contributed by atoms with Crippen molar-refractivity contribution < 1.29 is 4.74 Å². The molecule has 0 bridgehead atoms. The molecule has 4 heteroatoms. The first-order valence-corrected chi connectivity index (χ1v) is 6.27. The van der Waals surface area contributed by atoms with Gasteiger partial charge in [0.1, 0.15) is 5.75 Å². The lowest BCUT2D eigenvalue weighted by Gasteiger charge is -2.10. The number of rotatable bonds is 4. The van der Waals surface area contributed by atoms with E-state index in [1.54, 1.807) is 7.11 Å². The Morgan fingerprint density at radius 2 is 1.61 bits per heavy atom. The van der Waals surface area contributed by atoms with Crippen molar-refractivity contribution in [3.63, 3.8) is 0 Å². The van der Waals surface area contributed by atoms with E-state index in [0.29, 0.717) is 16.6 Å². The molecule has 18 heavy (non-hydrogen) atoms. The molecule has 0 spiro atoms. The van der Waals surface area contributed by atoms with Crippen molar-refractivity contribution >= 4 is 28.9 Å². The Morgan fingerprint density at radius 3 is 2.17 bits per heavy atom. The van der Waals surface area contributed by atoms with E-state index in [1.807, 2.05) is 42.5 Å². The monoisotopic (exact) mass is 281 g/mol. The zero-order valence-corrected chi connectivity index (χ0v) is 11.4. The number of methoxy groups -OCH3 is 1. The average molecular weight is 282 g/mol. The summed E-state index contributed by atoms with van der Waals surface area (Å²) in [7, 11) is 1.65. The fraction of sp³-hybridized carbons (Fsp3) is 0.143. The summed E-state index contributed by atoms with van der Waals surface area (Å²) in [5.74, 6) is 0.842. The summed E-state index contributed by atoms with van der Waals surface area (Å²) in [6.07, 6.45) is 0. The van der Waals surface area contributed by atoms with Gasteiger partial charge in [0.15, 0.2) is 0 Å². The predicted octanol–water partition coefficient (Wildman–Crippen LogP) is 4.61. The van der Waals surface area contributed by atoms with Crippen molar-refractivity contribution in [2.75, 3.05) is 12.4 Å². The Bertz CT molecular complexity index is 506. The van der Waals surface area contributed by atoms with Crippen LogP contribution in [-0.2, 0) is 6.54 Å². The third-order valence-electron chi connectivity index (χ3n) is 2.59. The molecule has 0 fully saturated rings. The summed E-state index contributed by atoms with van der Waals surface area (Å²) in [5, 5.41) is 4.47. The van der Waals surface area contributed by atoms with Crippen LogP contribution >= 0.6 is 23.2 Å². The second-order valence-electron chi connectivity index (χ2n) is 3.80. The first kappa shape index (κ1) is 13.1. The topological polar surface area (TPSA) is 21.3 Å². The summed E-state index contributed by atoms with van der Waals surface area (Å²) in [4.78, 5) is 0. The largest absolute Gasteiger partial charge is 0.497 e. The van der Waals surface area contributed by atoms with Crippen molar-refractivity contribution in [2.45, 2.75) is 6.54 Å². The lowest BCUT2D eigenvalue weighted by Crippen LogP contribution is -2.00. The van der Waals surface area contributed by atoms with Crippen LogP contribution in [0.1, 0.15) is 5.56 Å². The van der Waals surface area contributed by atoms with E-state index < -0.39 is 0 Å². The smallest absolute Gasteiger partial charge is 0.118 e. The fourth-order valence-electron chi connectivity index (χ4n) is 1.60. The predicted molar refractivity (Wildman–Crippen MR) is 76.8 cm³/mol. The van der Waals surface area contributed by atoms with E-state index in [2.05, 4.69) is 5.32 Å². The lowest BCUT2D eigenvalue weighted by molar-refractivity contribution is 0.414. The molecule has 0 aliphatic heterocycles. The van der Waals surface area contributed by atoms with Crippen LogP contribution in [0.5, 0.6) is 5.75 Å². The first-order valence-electron chi connectivity index (χ1n) is 5.51. The molecule has 94 valence electrons. The van der Waals surface area contributed by atoms with Gasteiger partial charge in [-0.3, -0.25) is 0 Å². The molecular formula is C14H13Cl2NO. The minimum Gasteiger partial charge on any atom is -0.497 e. The minimum absolute atomic E-state index is 0.621. The van der Waals surface area contributed by atoms with Crippen LogP contribution in [0.3, 0.4) is 0 Å². The van der Waals surface area contributed by atoms with Crippen LogP contribution in [0, 0.1) is 0 Å². The van der Waals surface area contributed by atoms with Gasteiger partial charge in [0.2, 0.25) is 0 Å². The van der Waals surface area contributed by atoms with Crippen molar-refractivity contribution in [1.29, 1.82) is 0 Å². The van der Waals surface area contributed by atoms with Gasteiger partial charge >= 0.3 is 0 Å². The molecular weight excluding hydrogens is 269 g/mol. The van der Waals surface area contributed by atoms with Crippen molar-refractivity contribution in [3.8, 4) is 5.75 Å². The molecule has 2 nitrogen and oxygen atoms in total. The highest BCUT2D eigenvalue weighted by molar-refractivity contribution is 6.39. The number of benzene rings is 2. The van der Waals surface area contributed by atoms with Gasteiger partial charge in [0, 0.05) is 6.54 Å². The summed E-state index contributed by atoms with van der Waals surface area (Å²) in [6.45, 7) is 0.660. The highest BCUT2D eigenvalue weighted by atomic mass is 35.5. The molecule has 0 aromatic heterocycles. The van der Waals surface area contributed by atoms with Crippen LogP contribution in [0.15, 0.2) is 42.5 Å². The van der Waals surface area contributed by atoms with Crippen LogP contribution in [0.25, 0.3) is 0 Å². The normalized spacial score (nSPS) is 10.2. The number of anilines is 1. The van der Waals surface area contributed by atoms with Gasteiger partial charge in [0.05, 0.1) is 22.8 Å². The Hall–Kier alpha value is -1.38.